The van der Waals surface area contributed by atoms with Gasteiger partial charge in [0.2, 0.25) is 5.91 Å². The Morgan fingerprint density at radius 1 is 1.17 bits per heavy atom. The van der Waals surface area contributed by atoms with Gasteiger partial charge in [-0.3, -0.25) is 4.79 Å². The third-order valence-corrected chi connectivity index (χ3v) is 5.74. The summed E-state index contributed by atoms with van der Waals surface area (Å²) in [6.45, 7) is 8.25. The SMILES string of the molecule is CC(Cc1c[nH]c2ccccc12)NC(=O)C1CCC(CNC(=O)OC(C)(C)C)CC1. The molecule has 3 N–H and O–H groups in total. The first-order valence-corrected chi connectivity index (χ1v) is 11.0. The molecule has 3 rings (SSSR count). The van der Waals surface area contributed by atoms with Crippen molar-refractivity contribution in [2.24, 2.45) is 11.8 Å². The molecule has 164 valence electrons. The van der Waals surface area contributed by atoms with Gasteiger partial charge in [-0.05, 0) is 77.3 Å². The molecular weight excluding hydrogens is 378 g/mol. The number of rotatable bonds is 6. The number of amides is 2. The maximum absolute atomic E-state index is 12.7. The van der Waals surface area contributed by atoms with Crippen molar-refractivity contribution in [3.8, 4) is 0 Å². The molecular formula is C24H35N3O3. The normalized spacial score (nSPS) is 20.5. The van der Waals surface area contributed by atoms with Gasteiger partial charge in [0, 0.05) is 35.6 Å². The number of carbonyl (C=O) groups is 2. The van der Waals surface area contributed by atoms with Crippen LogP contribution < -0.4 is 10.6 Å². The number of aromatic amines is 1. The quantitative estimate of drug-likeness (QED) is 0.650. The predicted molar refractivity (Wildman–Crippen MR) is 119 cm³/mol. The molecule has 0 bridgehead atoms. The number of H-pyrrole nitrogens is 1. The molecule has 1 aromatic carbocycles. The van der Waals surface area contributed by atoms with E-state index >= 15 is 0 Å². The number of aromatic nitrogens is 1. The van der Waals surface area contributed by atoms with Crippen molar-refractivity contribution < 1.29 is 14.3 Å². The monoisotopic (exact) mass is 413 g/mol. The smallest absolute Gasteiger partial charge is 0.407 e. The summed E-state index contributed by atoms with van der Waals surface area (Å²) in [5, 5.41) is 7.28. The number of nitrogens with one attached hydrogen (secondary N) is 3. The molecule has 1 unspecified atom stereocenters. The topological polar surface area (TPSA) is 83.2 Å². The van der Waals surface area contributed by atoms with Crippen molar-refractivity contribution in [1.82, 2.24) is 15.6 Å². The predicted octanol–water partition coefficient (Wildman–Crippen LogP) is 4.55. The lowest BCUT2D eigenvalue weighted by Gasteiger charge is -2.29. The minimum absolute atomic E-state index is 0.0631. The van der Waals surface area contributed by atoms with E-state index in [1.807, 2.05) is 39.1 Å². The molecule has 2 aromatic rings. The number of fused-ring (bicyclic) bond motifs is 1. The Bertz CT molecular complexity index is 860. The second kappa shape index (κ2) is 9.54. The van der Waals surface area contributed by atoms with Crippen LogP contribution in [0.25, 0.3) is 10.9 Å². The summed E-state index contributed by atoms with van der Waals surface area (Å²) in [6, 6.07) is 8.33. The Kier molecular flexibility index (Phi) is 7.06. The van der Waals surface area contributed by atoms with E-state index in [2.05, 4.69) is 34.7 Å². The van der Waals surface area contributed by atoms with Crippen LogP contribution in [0.5, 0.6) is 0 Å². The van der Waals surface area contributed by atoms with Gasteiger partial charge in [0.05, 0.1) is 0 Å². The highest BCUT2D eigenvalue weighted by molar-refractivity contribution is 5.83. The van der Waals surface area contributed by atoms with Gasteiger partial charge in [-0.25, -0.2) is 4.79 Å². The third kappa shape index (κ3) is 6.25. The van der Waals surface area contributed by atoms with Crippen LogP contribution in [0.2, 0.25) is 0 Å². The van der Waals surface area contributed by atoms with Crippen molar-refractivity contribution in [3.63, 3.8) is 0 Å². The van der Waals surface area contributed by atoms with Crippen molar-refractivity contribution in [2.75, 3.05) is 6.54 Å². The Hall–Kier alpha value is -2.50. The first-order chi connectivity index (χ1) is 14.2. The summed E-state index contributed by atoms with van der Waals surface area (Å²) in [6.07, 6.45) is 6.11. The Morgan fingerprint density at radius 3 is 2.57 bits per heavy atom. The van der Waals surface area contributed by atoms with E-state index in [0.29, 0.717) is 12.5 Å². The molecule has 1 aliphatic carbocycles. The molecule has 2 amide bonds. The van der Waals surface area contributed by atoms with E-state index in [1.54, 1.807) is 0 Å². The van der Waals surface area contributed by atoms with Crippen molar-refractivity contribution >= 4 is 22.9 Å². The number of hydrogen-bond donors (Lipinski definition) is 3. The first-order valence-electron chi connectivity index (χ1n) is 11.0. The number of benzene rings is 1. The lowest BCUT2D eigenvalue weighted by molar-refractivity contribution is -0.126. The van der Waals surface area contributed by atoms with E-state index in [1.165, 1.54) is 10.9 Å². The lowest BCUT2D eigenvalue weighted by Crippen LogP contribution is -2.41. The van der Waals surface area contributed by atoms with Gasteiger partial charge in [0.1, 0.15) is 5.60 Å². The molecule has 1 fully saturated rings. The molecule has 1 aliphatic rings. The molecule has 1 aromatic heterocycles. The maximum Gasteiger partial charge on any atom is 0.407 e. The highest BCUT2D eigenvalue weighted by atomic mass is 16.6. The van der Waals surface area contributed by atoms with Crippen LogP contribution in [0.15, 0.2) is 30.5 Å². The summed E-state index contributed by atoms with van der Waals surface area (Å²) in [7, 11) is 0. The van der Waals surface area contributed by atoms with E-state index in [9.17, 15) is 9.59 Å². The van der Waals surface area contributed by atoms with Gasteiger partial charge in [-0.15, -0.1) is 0 Å². The molecule has 6 nitrogen and oxygen atoms in total. The van der Waals surface area contributed by atoms with Crippen molar-refractivity contribution in [2.45, 2.75) is 71.4 Å². The molecule has 1 atom stereocenters. The largest absolute Gasteiger partial charge is 0.444 e. The van der Waals surface area contributed by atoms with E-state index in [4.69, 9.17) is 4.74 Å². The maximum atomic E-state index is 12.7. The van der Waals surface area contributed by atoms with Crippen molar-refractivity contribution in [3.05, 3.63) is 36.0 Å². The Labute approximate surface area is 179 Å². The third-order valence-electron chi connectivity index (χ3n) is 5.74. The van der Waals surface area contributed by atoms with Crippen LogP contribution in [-0.4, -0.2) is 35.2 Å². The first kappa shape index (κ1) is 22.2. The molecule has 1 saturated carbocycles. The standard InChI is InChI=1S/C24H35N3O3/c1-16(13-19-15-25-21-8-6-5-7-20(19)21)27-22(28)18-11-9-17(10-12-18)14-26-23(29)30-24(2,3)4/h5-8,15-18,25H,9-14H2,1-4H3,(H,26,29)(H,27,28). The van der Waals surface area contributed by atoms with E-state index in [-0.39, 0.29) is 24.0 Å². The van der Waals surface area contributed by atoms with Gasteiger partial charge < -0.3 is 20.4 Å². The average Bonchev–Trinajstić information content (AvgIpc) is 3.08. The molecule has 0 aliphatic heterocycles. The summed E-state index contributed by atoms with van der Waals surface area (Å²) >= 11 is 0. The molecule has 30 heavy (non-hydrogen) atoms. The zero-order valence-electron chi connectivity index (χ0n) is 18.6. The molecule has 0 saturated heterocycles. The summed E-state index contributed by atoms with van der Waals surface area (Å²) < 4.78 is 5.29. The summed E-state index contributed by atoms with van der Waals surface area (Å²) in [4.78, 5) is 27.8. The highest BCUT2D eigenvalue weighted by Crippen LogP contribution is 2.29. The van der Waals surface area contributed by atoms with Crippen LogP contribution in [-0.2, 0) is 16.0 Å². The van der Waals surface area contributed by atoms with Crippen LogP contribution in [0, 0.1) is 11.8 Å². The van der Waals surface area contributed by atoms with Gasteiger partial charge in [-0.2, -0.15) is 0 Å². The van der Waals surface area contributed by atoms with Crippen molar-refractivity contribution in [1.29, 1.82) is 0 Å². The van der Waals surface area contributed by atoms with Gasteiger partial charge in [-0.1, -0.05) is 18.2 Å². The van der Waals surface area contributed by atoms with Gasteiger partial charge >= 0.3 is 6.09 Å². The fourth-order valence-electron chi connectivity index (χ4n) is 4.21. The molecule has 1 heterocycles. The Morgan fingerprint density at radius 2 is 1.87 bits per heavy atom. The summed E-state index contributed by atoms with van der Waals surface area (Å²) in [5.41, 5.74) is 1.88. The highest BCUT2D eigenvalue weighted by Gasteiger charge is 2.27. The van der Waals surface area contributed by atoms with E-state index < -0.39 is 5.60 Å². The van der Waals surface area contributed by atoms with Crippen LogP contribution in [0.3, 0.4) is 0 Å². The second-order valence-corrected chi connectivity index (χ2v) is 9.57. The molecule has 0 spiro atoms. The average molecular weight is 414 g/mol. The second-order valence-electron chi connectivity index (χ2n) is 9.57. The van der Waals surface area contributed by atoms with Crippen LogP contribution in [0.1, 0.15) is 58.9 Å². The molecule has 6 heteroatoms. The lowest BCUT2D eigenvalue weighted by atomic mass is 9.81. The fourth-order valence-corrected chi connectivity index (χ4v) is 4.21. The number of alkyl carbamates (subject to hydrolysis) is 1. The fraction of sp³-hybridized carbons (Fsp3) is 0.583. The Balaban J connectivity index is 1.40. The van der Waals surface area contributed by atoms with Gasteiger partial charge in [0.25, 0.3) is 0 Å². The van der Waals surface area contributed by atoms with E-state index in [0.717, 1.165) is 37.6 Å². The zero-order valence-corrected chi connectivity index (χ0v) is 18.6. The van der Waals surface area contributed by atoms with Crippen LogP contribution >= 0.6 is 0 Å². The zero-order chi connectivity index (χ0) is 21.7. The van der Waals surface area contributed by atoms with Gasteiger partial charge in [0.15, 0.2) is 0 Å². The number of hydrogen-bond acceptors (Lipinski definition) is 3. The minimum Gasteiger partial charge on any atom is -0.444 e. The molecule has 0 radical (unpaired) electrons. The number of carbonyl (C=O) groups excluding carboxylic acids is 2. The number of para-hydroxylation sites is 1. The summed E-state index contributed by atoms with van der Waals surface area (Å²) in [5.74, 6) is 0.624. The minimum atomic E-state index is -0.483. The number of ether oxygens (including phenoxy) is 1. The van der Waals surface area contributed by atoms with Crippen LogP contribution in [0.4, 0.5) is 4.79 Å².